The van der Waals surface area contributed by atoms with Crippen molar-refractivity contribution >= 4 is 17.4 Å². The summed E-state index contributed by atoms with van der Waals surface area (Å²) < 4.78 is 5.72. The first-order valence-electron chi connectivity index (χ1n) is 8.77. The summed E-state index contributed by atoms with van der Waals surface area (Å²) in [5, 5.41) is 2.94. The zero-order chi connectivity index (χ0) is 19.2. The number of nitrogens with one attached hydrogen (secondary N) is 1. The minimum absolute atomic E-state index is 0.0469. The van der Waals surface area contributed by atoms with Crippen LogP contribution in [0.25, 0.3) is 11.1 Å². The van der Waals surface area contributed by atoms with Crippen LogP contribution in [0, 0.1) is 0 Å². The van der Waals surface area contributed by atoms with E-state index in [1.165, 1.54) is 6.92 Å². The van der Waals surface area contributed by atoms with Gasteiger partial charge in [0.05, 0.1) is 0 Å². The highest BCUT2D eigenvalue weighted by Gasteiger charge is 2.17. The molecule has 0 fully saturated rings. The number of hydrogen-bond donors (Lipinski definition) is 1. The lowest BCUT2D eigenvalue weighted by molar-refractivity contribution is -0.122. The van der Waals surface area contributed by atoms with Gasteiger partial charge in [-0.2, -0.15) is 0 Å². The molecule has 1 atom stereocenters. The smallest absolute Gasteiger partial charge is 0.265 e. The standard InChI is InChI=1S/C23H21NO3/c1-16(25)19-11-8-12-20(15-19)27-17(2)23(26)24-22-14-7-6-13-21(22)18-9-4-3-5-10-18/h3-15,17H,1-2H3,(H,24,26)/t17-/m1/s1. The Kier molecular flexibility index (Phi) is 5.67. The normalized spacial score (nSPS) is 11.5. The van der Waals surface area contributed by atoms with Gasteiger partial charge >= 0.3 is 0 Å². The number of ketones is 1. The van der Waals surface area contributed by atoms with Gasteiger partial charge in [0.25, 0.3) is 5.91 Å². The molecule has 3 aromatic rings. The van der Waals surface area contributed by atoms with E-state index in [0.717, 1.165) is 16.8 Å². The largest absolute Gasteiger partial charge is 0.481 e. The maximum absolute atomic E-state index is 12.6. The van der Waals surface area contributed by atoms with Crippen molar-refractivity contribution in [2.45, 2.75) is 20.0 Å². The van der Waals surface area contributed by atoms with E-state index >= 15 is 0 Å². The van der Waals surface area contributed by atoms with Crippen molar-refractivity contribution in [2.75, 3.05) is 5.32 Å². The van der Waals surface area contributed by atoms with Crippen LogP contribution in [-0.4, -0.2) is 17.8 Å². The van der Waals surface area contributed by atoms with Gasteiger partial charge in [0.2, 0.25) is 0 Å². The highest BCUT2D eigenvalue weighted by atomic mass is 16.5. The lowest BCUT2D eigenvalue weighted by Crippen LogP contribution is -2.30. The predicted molar refractivity (Wildman–Crippen MR) is 107 cm³/mol. The van der Waals surface area contributed by atoms with Crippen molar-refractivity contribution in [3.05, 3.63) is 84.4 Å². The van der Waals surface area contributed by atoms with E-state index in [0.29, 0.717) is 11.3 Å². The van der Waals surface area contributed by atoms with Gasteiger partial charge in [0.15, 0.2) is 11.9 Å². The Morgan fingerprint density at radius 1 is 0.889 bits per heavy atom. The molecule has 136 valence electrons. The highest BCUT2D eigenvalue weighted by Crippen LogP contribution is 2.27. The summed E-state index contributed by atoms with van der Waals surface area (Å²) in [6.07, 6.45) is -0.712. The molecule has 27 heavy (non-hydrogen) atoms. The molecular weight excluding hydrogens is 338 g/mol. The van der Waals surface area contributed by atoms with E-state index < -0.39 is 6.10 Å². The van der Waals surface area contributed by atoms with Crippen molar-refractivity contribution in [2.24, 2.45) is 0 Å². The molecule has 1 amide bonds. The number of benzene rings is 3. The second-order valence-corrected chi connectivity index (χ2v) is 6.24. The maximum Gasteiger partial charge on any atom is 0.265 e. The zero-order valence-corrected chi connectivity index (χ0v) is 15.3. The lowest BCUT2D eigenvalue weighted by Gasteiger charge is -2.17. The summed E-state index contributed by atoms with van der Waals surface area (Å²) >= 11 is 0. The van der Waals surface area contributed by atoms with E-state index in [-0.39, 0.29) is 11.7 Å². The van der Waals surface area contributed by atoms with E-state index in [4.69, 9.17) is 4.74 Å². The minimum atomic E-state index is -0.712. The zero-order valence-electron chi connectivity index (χ0n) is 15.3. The van der Waals surface area contributed by atoms with Crippen molar-refractivity contribution in [1.29, 1.82) is 0 Å². The Hall–Kier alpha value is -3.40. The third-order valence-electron chi connectivity index (χ3n) is 4.19. The highest BCUT2D eigenvalue weighted by molar-refractivity contribution is 5.98. The number of Topliss-reactive ketones (excluding diaryl/α,β-unsaturated/α-hetero) is 1. The molecule has 4 nitrogen and oxygen atoms in total. The van der Waals surface area contributed by atoms with Crippen LogP contribution >= 0.6 is 0 Å². The number of anilines is 1. The Balaban J connectivity index is 1.74. The Bertz CT molecular complexity index is 951. The number of carbonyl (C=O) groups is 2. The predicted octanol–water partition coefficient (Wildman–Crippen LogP) is 4.96. The van der Waals surface area contributed by atoms with Crippen LogP contribution < -0.4 is 10.1 Å². The van der Waals surface area contributed by atoms with Crippen LogP contribution in [0.5, 0.6) is 5.75 Å². The molecular formula is C23H21NO3. The monoisotopic (exact) mass is 359 g/mol. The molecule has 3 rings (SSSR count). The minimum Gasteiger partial charge on any atom is -0.481 e. The van der Waals surface area contributed by atoms with E-state index in [2.05, 4.69) is 5.32 Å². The van der Waals surface area contributed by atoms with Crippen molar-refractivity contribution in [3.63, 3.8) is 0 Å². The first kappa shape index (κ1) is 18.4. The third kappa shape index (κ3) is 4.61. The summed E-state index contributed by atoms with van der Waals surface area (Å²) in [6, 6.07) is 24.3. The van der Waals surface area contributed by atoms with Crippen LogP contribution in [0.4, 0.5) is 5.69 Å². The van der Waals surface area contributed by atoms with Gasteiger partial charge in [-0.1, -0.05) is 60.7 Å². The summed E-state index contributed by atoms with van der Waals surface area (Å²) in [5.74, 6) is 0.183. The molecule has 0 bridgehead atoms. The fraction of sp³-hybridized carbons (Fsp3) is 0.130. The Labute approximate surface area is 158 Å². The molecule has 1 N–H and O–H groups in total. The van der Waals surface area contributed by atoms with Crippen molar-refractivity contribution in [3.8, 4) is 16.9 Å². The first-order valence-corrected chi connectivity index (χ1v) is 8.77. The fourth-order valence-corrected chi connectivity index (χ4v) is 2.74. The van der Waals surface area contributed by atoms with E-state index in [1.807, 2.05) is 54.6 Å². The number of amides is 1. The number of carbonyl (C=O) groups excluding carboxylic acids is 2. The molecule has 0 heterocycles. The summed E-state index contributed by atoms with van der Waals surface area (Å²) in [4.78, 5) is 24.1. The van der Waals surface area contributed by atoms with Crippen molar-refractivity contribution < 1.29 is 14.3 Å². The summed E-state index contributed by atoms with van der Waals surface area (Å²) in [6.45, 7) is 3.18. The second kappa shape index (κ2) is 8.32. The van der Waals surface area contributed by atoms with Crippen LogP contribution in [0.1, 0.15) is 24.2 Å². The molecule has 3 aromatic carbocycles. The molecule has 0 unspecified atom stereocenters. The van der Waals surface area contributed by atoms with Crippen molar-refractivity contribution in [1.82, 2.24) is 0 Å². The first-order chi connectivity index (χ1) is 13.0. The number of hydrogen-bond acceptors (Lipinski definition) is 3. The molecule has 0 saturated heterocycles. The topological polar surface area (TPSA) is 55.4 Å². The van der Waals surface area contributed by atoms with E-state index in [1.54, 1.807) is 31.2 Å². The van der Waals surface area contributed by atoms with Gasteiger partial charge in [-0.3, -0.25) is 9.59 Å². The van der Waals surface area contributed by atoms with Gasteiger partial charge in [0, 0.05) is 16.8 Å². The molecule has 0 spiro atoms. The van der Waals surface area contributed by atoms with E-state index in [9.17, 15) is 9.59 Å². The molecule has 0 saturated carbocycles. The van der Waals surface area contributed by atoms with Crippen LogP contribution in [0.3, 0.4) is 0 Å². The summed E-state index contributed by atoms with van der Waals surface area (Å²) in [5.41, 5.74) is 3.24. The number of ether oxygens (including phenoxy) is 1. The maximum atomic E-state index is 12.6. The molecule has 0 aliphatic heterocycles. The Morgan fingerprint density at radius 3 is 2.33 bits per heavy atom. The Morgan fingerprint density at radius 2 is 1.59 bits per heavy atom. The van der Waals surface area contributed by atoms with Crippen LogP contribution in [0.15, 0.2) is 78.9 Å². The van der Waals surface area contributed by atoms with Gasteiger partial charge < -0.3 is 10.1 Å². The summed E-state index contributed by atoms with van der Waals surface area (Å²) in [7, 11) is 0. The molecule has 0 aromatic heterocycles. The van der Waals surface area contributed by atoms with Gasteiger partial charge in [-0.25, -0.2) is 0 Å². The van der Waals surface area contributed by atoms with Crippen LogP contribution in [-0.2, 0) is 4.79 Å². The SMILES string of the molecule is CC(=O)c1cccc(O[C@H](C)C(=O)Nc2ccccc2-c2ccccc2)c1. The average molecular weight is 359 g/mol. The quantitative estimate of drug-likeness (QED) is 0.633. The molecule has 0 aliphatic rings. The van der Waals surface area contributed by atoms with Crippen LogP contribution in [0.2, 0.25) is 0 Å². The fourth-order valence-electron chi connectivity index (χ4n) is 2.74. The molecule has 0 aliphatic carbocycles. The molecule has 0 radical (unpaired) electrons. The van der Waals surface area contributed by atoms with Gasteiger partial charge in [-0.15, -0.1) is 0 Å². The second-order valence-electron chi connectivity index (χ2n) is 6.24. The van der Waals surface area contributed by atoms with Gasteiger partial charge in [0.1, 0.15) is 5.75 Å². The third-order valence-corrected chi connectivity index (χ3v) is 4.19. The average Bonchev–Trinajstić information content (AvgIpc) is 2.69. The number of rotatable bonds is 6. The lowest BCUT2D eigenvalue weighted by atomic mass is 10.0. The van der Waals surface area contributed by atoms with Gasteiger partial charge in [-0.05, 0) is 37.6 Å². The molecule has 4 heteroatoms. The number of para-hydroxylation sites is 1.